The number of imidazole rings is 1. The predicted molar refractivity (Wildman–Crippen MR) is 78.3 cm³/mol. The van der Waals surface area contributed by atoms with Crippen LogP contribution in [0.15, 0.2) is 43.0 Å². The van der Waals surface area contributed by atoms with Crippen molar-refractivity contribution in [1.82, 2.24) is 9.55 Å². The molecule has 1 fully saturated rings. The van der Waals surface area contributed by atoms with Gasteiger partial charge in [-0.3, -0.25) is 9.36 Å². The van der Waals surface area contributed by atoms with Crippen LogP contribution in [0.25, 0.3) is 0 Å². The Morgan fingerprint density at radius 1 is 1.27 bits per heavy atom. The second-order valence-corrected chi connectivity index (χ2v) is 6.01. The second kappa shape index (κ2) is 4.80. The molecule has 2 aliphatic rings. The molecule has 2 aromatic rings. The van der Waals surface area contributed by atoms with Crippen LogP contribution >= 0.6 is 0 Å². The number of nitrogens with zero attached hydrogens (tertiary/aromatic N) is 2. The third-order valence-corrected chi connectivity index (χ3v) is 4.83. The lowest BCUT2D eigenvalue weighted by Gasteiger charge is -2.35. The molecule has 1 aromatic carbocycles. The van der Waals surface area contributed by atoms with Crippen molar-refractivity contribution in [3.05, 3.63) is 54.1 Å². The van der Waals surface area contributed by atoms with Crippen molar-refractivity contribution in [2.75, 3.05) is 0 Å². The maximum Gasteiger partial charge on any atom is 0.339 e. The topological polar surface area (TPSA) is 61.2 Å². The molecule has 1 spiro atoms. The first kappa shape index (κ1) is 13.2. The number of carbonyl (C=O) groups is 2. The van der Waals surface area contributed by atoms with Gasteiger partial charge in [0.2, 0.25) is 5.91 Å². The van der Waals surface area contributed by atoms with Gasteiger partial charge in [0.05, 0.1) is 5.56 Å². The lowest BCUT2D eigenvalue weighted by molar-refractivity contribution is -0.0343. The van der Waals surface area contributed by atoms with E-state index in [4.69, 9.17) is 4.74 Å². The molecule has 1 aliphatic heterocycles. The predicted octanol–water partition coefficient (Wildman–Crippen LogP) is 2.78. The van der Waals surface area contributed by atoms with E-state index in [1.54, 1.807) is 12.4 Å². The SMILES string of the molecule is O=C1O[C@]2(CC[C@H](C(=O)n3ccnc3)CC2)c2ccccc21. The van der Waals surface area contributed by atoms with Crippen molar-refractivity contribution in [3.63, 3.8) is 0 Å². The average molecular weight is 296 g/mol. The summed E-state index contributed by atoms with van der Waals surface area (Å²) in [6.07, 6.45) is 7.66. The quantitative estimate of drug-likeness (QED) is 0.759. The Balaban J connectivity index is 1.55. The van der Waals surface area contributed by atoms with E-state index in [0.29, 0.717) is 18.4 Å². The van der Waals surface area contributed by atoms with Crippen molar-refractivity contribution < 1.29 is 14.3 Å². The maximum absolute atomic E-state index is 12.4. The highest BCUT2D eigenvalue weighted by Crippen LogP contribution is 2.48. The molecule has 5 heteroatoms. The van der Waals surface area contributed by atoms with Gasteiger partial charge in [-0.2, -0.15) is 0 Å². The van der Waals surface area contributed by atoms with Crippen LogP contribution in [-0.4, -0.2) is 21.4 Å². The van der Waals surface area contributed by atoms with E-state index in [-0.39, 0.29) is 17.8 Å². The maximum atomic E-state index is 12.4. The summed E-state index contributed by atoms with van der Waals surface area (Å²) < 4.78 is 7.25. The van der Waals surface area contributed by atoms with E-state index in [9.17, 15) is 9.59 Å². The molecule has 4 rings (SSSR count). The minimum absolute atomic E-state index is 0.0358. The highest BCUT2D eigenvalue weighted by atomic mass is 16.6. The zero-order chi connectivity index (χ0) is 15.2. The summed E-state index contributed by atoms with van der Waals surface area (Å²) in [5.74, 6) is -0.203. The molecule has 1 saturated carbocycles. The van der Waals surface area contributed by atoms with Gasteiger partial charge < -0.3 is 4.74 Å². The van der Waals surface area contributed by atoms with Gasteiger partial charge in [0, 0.05) is 23.9 Å². The molecule has 22 heavy (non-hydrogen) atoms. The van der Waals surface area contributed by atoms with Crippen molar-refractivity contribution in [1.29, 1.82) is 0 Å². The van der Waals surface area contributed by atoms with Crippen LogP contribution in [0.3, 0.4) is 0 Å². The number of esters is 1. The Morgan fingerprint density at radius 2 is 2.05 bits per heavy atom. The molecule has 0 unspecified atom stereocenters. The Morgan fingerprint density at radius 3 is 2.77 bits per heavy atom. The summed E-state index contributed by atoms with van der Waals surface area (Å²) in [4.78, 5) is 28.4. The van der Waals surface area contributed by atoms with Crippen molar-refractivity contribution in [3.8, 4) is 0 Å². The third kappa shape index (κ3) is 1.89. The fourth-order valence-electron chi connectivity index (χ4n) is 3.65. The zero-order valence-corrected chi connectivity index (χ0v) is 12.1. The first-order chi connectivity index (χ1) is 10.7. The van der Waals surface area contributed by atoms with Crippen LogP contribution in [0.1, 0.15) is 46.4 Å². The molecule has 1 aliphatic carbocycles. The third-order valence-electron chi connectivity index (χ3n) is 4.83. The summed E-state index contributed by atoms with van der Waals surface area (Å²) in [7, 11) is 0. The molecule has 0 radical (unpaired) electrons. The number of benzene rings is 1. The highest BCUT2D eigenvalue weighted by molar-refractivity contribution is 5.94. The molecule has 2 heterocycles. The summed E-state index contributed by atoms with van der Waals surface area (Å²) in [5.41, 5.74) is 1.12. The molecule has 0 N–H and O–H groups in total. The van der Waals surface area contributed by atoms with E-state index in [1.165, 1.54) is 10.9 Å². The highest BCUT2D eigenvalue weighted by Gasteiger charge is 2.48. The van der Waals surface area contributed by atoms with Crippen LogP contribution < -0.4 is 0 Å². The molecule has 1 aromatic heterocycles. The van der Waals surface area contributed by atoms with Gasteiger partial charge in [0.15, 0.2) is 0 Å². The van der Waals surface area contributed by atoms with Crippen molar-refractivity contribution >= 4 is 11.9 Å². The van der Waals surface area contributed by atoms with E-state index in [2.05, 4.69) is 4.98 Å². The molecule has 0 saturated heterocycles. The summed E-state index contributed by atoms with van der Waals surface area (Å²) in [6.45, 7) is 0. The number of ether oxygens (including phenoxy) is 1. The minimum atomic E-state index is -0.528. The van der Waals surface area contributed by atoms with Crippen molar-refractivity contribution in [2.45, 2.75) is 31.3 Å². The molecular weight excluding hydrogens is 280 g/mol. The van der Waals surface area contributed by atoms with Gasteiger partial charge in [0.25, 0.3) is 0 Å². The Bertz CT molecular complexity index is 728. The number of hydrogen-bond acceptors (Lipinski definition) is 4. The first-order valence-electron chi connectivity index (χ1n) is 7.55. The normalized spacial score (nSPS) is 26.7. The Labute approximate surface area is 127 Å². The smallest absolute Gasteiger partial charge is 0.339 e. The van der Waals surface area contributed by atoms with Gasteiger partial charge in [-0.15, -0.1) is 0 Å². The van der Waals surface area contributed by atoms with Crippen LogP contribution in [0, 0.1) is 5.92 Å². The average Bonchev–Trinajstić information content (AvgIpc) is 3.17. The number of aromatic nitrogens is 2. The monoisotopic (exact) mass is 296 g/mol. The fourth-order valence-corrected chi connectivity index (χ4v) is 3.65. The lowest BCUT2D eigenvalue weighted by atomic mass is 9.74. The Kier molecular flexibility index (Phi) is 2.89. The number of hydrogen-bond donors (Lipinski definition) is 0. The zero-order valence-electron chi connectivity index (χ0n) is 12.1. The van der Waals surface area contributed by atoms with E-state index >= 15 is 0 Å². The van der Waals surface area contributed by atoms with Gasteiger partial charge in [0.1, 0.15) is 11.9 Å². The second-order valence-electron chi connectivity index (χ2n) is 6.01. The van der Waals surface area contributed by atoms with Gasteiger partial charge in [-0.1, -0.05) is 18.2 Å². The molecule has 0 amide bonds. The number of carbonyl (C=O) groups excluding carboxylic acids is 2. The van der Waals surface area contributed by atoms with E-state index < -0.39 is 5.60 Å². The van der Waals surface area contributed by atoms with E-state index in [1.807, 2.05) is 24.3 Å². The summed E-state index contributed by atoms with van der Waals surface area (Å²) in [6, 6.07) is 7.58. The largest absolute Gasteiger partial charge is 0.451 e. The molecule has 0 atom stereocenters. The van der Waals surface area contributed by atoms with Crippen LogP contribution in [-0.2, 0) is 10.3 Å². The Hall–Kier alpha value is -2.43. The number of rotatable bonds is 1. The summed E-state index contributed by atoms with van der Waals surface area (Å²) >= 11 is 0. The van der Waals surface area contributed by atoms with Gasteiger partial charge >= 0.3 is 5.97 Å². The van der Waals surface area contributed by atoms with Crippen LogP contribution in [0.5, 0.6) is 0 Å². The molecule has 112 valence electrons. The standard InChI is InChI=1S/C17H16N2O3/c20-15(19-10-9-18-11-19)12-5-7-17(8-6-12)14-4-2-1-3-13(14)16(21)22-17/h1-4,9-12H,5-8H2/t12-,17-. The number of fused-ring (bicyclic) bond motifs is 2. The van der Waals surface area contributed by atoms with Gasteiger partial charge in [-0.05, 0) is 31.7 Å². The molecular formula is C17H16N2O3. The fraction of sp³-hybridized carbons (Fsp3) is 0.353. The molecule has 0 bridgehead atoms. The van der Waals surface area contributed by atoms with Crippen LogP contribution in [0.4, 0.5) is 0 Å². The summed E-state index contributed by atoms with van der Waals surface area (Å²) in [5, 5.41) is 0. The van der Waals surface area contributed by atoms with Crippen molar-refractivity contribution in [2.24, 2.45) is 5.92 Å². The lowest BCUT2D eigenvalue weighted by Crippen LogP contribution is -2.35. The molecule has 5 nitrogen and oxygen atoms in total. The van der Waals surface area contributed by atoms with Gasteiger partial charge in [-0.25, -0.2) is 9.78 Å². The minimum Gasteiger partial charge on any atom is -0.451 e. The van der Waals surface area contributed by atoms with E-state index in [0.717, 1.165) is 18.4 Å². The van der Waals surface area contributed by atoms with Crippen LogP contribution in [0.2, 0.25) is 0 Å². The first-order valence-corrected chi connectivity index (χ1v) is 7.55.